The lowest BCUT2D eigenvalue weighted by Gasteiger charge is -2.36. The van der Waals surface area contributed by atoms with Crippen LogP contribution in [0.3, 0.4) is 0 Å². The third-order valence-corrected chi connectivity index (χ3v) is 4.24. The Morgan fingerprint density at radius 3 is 2.67 bits per heavy atom. The molecule has 6 nitrogen and oxygen atoms in total. The highest BCUT2D eigenvalue weighted by molar-refractivity contribution is 6.04. The topological polar surface area (TPSA) is 78.6 Å². The Labute approximate surface area is 122 Å². The number of likely N-dealkylation sites (tertiary alicyclic amines) is 1. The summed E-state index contributed by atoms with van der Waals surface area (Å²) in [6, 6.07) is 7.63. The molecule has 0 spiro atoms. The third-order valence-electron chi connectivity index (χ3n) is 4.24. The number of para-hydroxylation sites is 1. The summed E-state index contributed by atoms with van der Waals surface area (Å²) in [6.45, 7) is 0.600. The number of carbonyl (C=O) groups excluding carboxylic acids is 1. The number of aryl methyl sites for hydroxylation is 1. The SMILES string of the molecule is Cn1nc(C(=O)N2CCC(O)(CO)CC2)c2ccccc21. The highest BCUT2D eigenvalue weighted by atomic mass is 16.3. The van der Waals surface area contributed by atoms with Crippen molar-refractivity contribution in [2.45, 2.75) is 18.4 Å². The zero-order valence-electron chi connectivity index (χ0n) is 12.0. The smallest absolute Gasteiger partial charge is 0.275 e. The summed E-state index contributed by atoms with van der Waals surface area (Å²) in [5.74, 6) is -0.119. The van der Waals surface area contributed by atoms with Crippen molar-refractivity contribution in [3.8, 4) is 0 Å². The minimum atomic E-state index is -1.05. The molecule has 1 amide bonds. The van der Waals surface area contributed by atoms with Crippen molar-refractivity contribution >= 4 is 16.8 Å². The van der Waals surface area contributed by atoms with Gasteiger partial charge in [0.05, 0.1) is 17.7 Å². The summed E-state index contributed by atoms with van der Waals surface area (Å²) >= 11 is 0. The van der Waals surface area contributed by atoms with E-state index in [9.17, 15) is 9.90 Å². The van der Waals surface area contributed by atoms with Crippen LogP contribution in [0, 0.1) is 0 Å². The number of carbonyl (C=O) groups is 1. The molecule has 2 heterocycles. The molecule has 0 unspecified atom stereocenters. The van der Waals surface area contributed by atoms with Crippen molar-refractivity contribution in [1.29, 1.82) is 0 Å². The van der Waals surface area contributed by atoms with Gasteiger partial charge in [-0.1, -0.05) is 18.2 Å². The number of rotatable bonds is 2. The lowest BCUT2D eigenvalue weighted by atomic mass is 9.92. The molecule has 2 N–H and O–H groups in total. The number of aliphatic hydroxyl groups is 2. The van der Waals surface area contributed by atoms with Gasteiger partial charge in [-0.25, -0.2) is 0 Å². The molecular formula is C15H19N3O3. The summed E-state index contributed by atoms with van der Waals surface area (Å²) in [5, 5.41) is 24.4. The Balaban J connectivity index is 1.85. The van der Waals surface area contributed by atoms with Crippen LogP contribution in [-0.4, -0.2) is 56.1 Å². The first-order chi connectivity index (χ1) is 10.0. The van der Waals surface area contributed by atoms with E-state index in [1.54, 1.807) is 9.58 Å². The molecule has 1 aliphatic heterocycles. The number of hydrogen-bond donors (Lipinski definition) is 2. The lowest BCUT2D eigenvalue weighted by Crippen LogP contribution is -2.48. The minimum absolute atomic E-state index is 0.119. The molecular weight excluding hydrogens is 270 g/mol. The van der Waals surface area contributed by atoms with Gasteiger partial charge in [0.1, 0.15) is 0 Å². The molecule has 1 saturated heterocycles. The van der Waals surface area contributed by atoms with Gasteiger partial charge < -0.3 is 15.1 Å². The van der Waals surface area contributed by atoms with Crippen LogP contribution in [0.4, 0.5) is 0 Å². The zero-order valence-corrected chi connectivity index (χ0v) is 12.0. The fourth-order valence-corrected chi connectivity index (χ4v) is 2.81. The van der Waals surface area contributed by atoms with Gasteiger partial charge >= 0.3 is 0 Å². The second-order valence-corrected chi connectivity index (χ2v) is 5.66. The maximum absolute atomic E-state index is 12.6. The van der Waals surface area contributed by atoms with Gasteiger partial charge in [-0.3, -0.25) is 9.48 Å². The predicted octanol–water partition coefficient (Wildman–Crippen LogP) is 0.533. The molecule has 21 heavy (non-hydrogen) atoms. The van der Waals surface area contributed by atoms with E-state index in [1.807, 2.05) is 31.3 Å². The van der Waals surface area contributed by atoms with Gasteiger partial charge in [0.15, 0.2) is 5.69 Å². The number of fused-ring (bicyclic) bond motifs is 1. The van der Waals surface area contributed by atoms with Gasteiger partial charge in [0.2, 0.25) is 0 Å². The van der Waals surface area contributed by atoms with E-state index in [0.29, 0.717) is 31.6 Å². The van der Waals surface area contributed by atoms with Gasteiger partial charge in [-0.2, -0.15) is 5.10 Å². The van der Waals surface area contributed by atoms with Crippen molar-refractivity contribution in [1.82, 2.24) is 14.7 Å². The predicted molar refractivity (Wildman–Crippen MR) is 77.9 cm³/mol. The Morgan fingerprint density at radius 2 is 2.00 bits per heavy atom. The number of aromatic nitrogens is 2. The fraction of sp³-hybridized carbons (Fsp3) is 0.467. The van der Waals surface area contributed by atoms with E-state index in [0.717, 1.165) is 10.9 Å². The molecule has 1 aliphatic rings. The second-order valence-electron chi connectivity index (χ2n) is 5.66. The van der Waals surface area contributed by atoms with Crippen molar-refractivity contribution in [2.24, 2.45) is 7.05 Å². The Morgan fingerprint density at radius 1 is 1.33 bits per heavy atom. The average Bonchev–Trinajstić information content (AvgIpc) is 2.85. The van der Waals surface area contributed by atoms with E-state index < -0.39 is 5.60 Å². The Kier molecular flexibility index (Phi) is 3.43. The summed E-state index contributed by atoms with van der Waals surface area (Å²) < 4.78 is 1.70. The van der Waals surface area contributed by atoms with Gasteiger partial charge in [0.25, 0.3) is 5.91 Å². The molecule has 2 aromatic rings. The maximum atomic E-state index is 12.6. The quantitative estimate of drug-likeness (QED) is 0.845. The summed E-state index contributed by atoms with van der Waals surface area (Å²) in [6.07, 6.45) is 0.778. The van der Waals surface area contributed by atoms with Crippen molar-refractivity contribution in [3.05, 3.63) is 30.0 Å². The first-order valence-corrected chi connectivity index (χ1v) is 7.08. The molecule has 3 rings (SSSR count). The molecule has 112 valence electrons. The molecule has 0 saturated carbocycles. The van der Waals surface area contributed by atoms with E-state index in [-0.39, 0.29) is 12.5 Å². The van der Waals surface area contributed by atoms with Crippen LogP contribution in [-0.2, 0) is 7.05 Å². The minimum Gasteiger partial charge on any atom is -0.393 e. The van der Waals surface area contributed by atoms with E-state index in [1.165, 1.54) is 0 Å². The van der Waals surface area contributed by atoms with E-state index in [2.05, 4.69) is 5.10 Å². The van der Waals surface area contributed by atoms with Crippen molar-refractivity contribution in [2.75, 3.05) is 19.7 Å². The van der Waals surface area contributed by atoms with Crippen LogP contribution in [0.5, 0.6) is 0 Å². The molecule has 1 fully saturated rings. The number of benzene rings is 1. The highest BCUT2D eigenvalue weighted by Crippen LogP contribution is 2.24. The lowest BCUT2D eigenvalue weighted by molar-refractivity contribution is -0.0546. The molecule has 0 radical (unpaired) electrons. The van der Waals surface area contributed by atoms with Crippen LogP contribution in [0.2, 0.25) is 0 Å². The third kappa shape index (κ3) is 2.41. The van der Waals surface area contributed by atoms with Crippen molar-refractivity contribution in [3.63, 3.8) is 0 Å². The van der Waals surface area contributed by atoms with Crippen LogP contribution in [0.25, 0.3) is 10.9 Å². The van der Waals surface area contributed by atoms with E-state index in [4.69, 9.17) is 5.11 Å². The largest absolute Gasteiger partial charge is 0.393 e. The zero-order chi connectivity index (χ0) is 15.0. The fourth-order valence-electron chi connectivity index (χ4n) is 2.81. The summed E-state index contributed by atoms with van der Waals surface area (Å²) in [5.41, 5.74) is 0.315. The van der Waals surface area contributed by atoms with Crippen molar-refractivity contribution < 1.29 is 15.0 Å². The molecule has 0 atom stereocenters. The molecule has 0 aliphatic carbocycles. The molecule has 0 bridgehead atoms. The van der Waals surface area contributed by atoms with Crippen LogP contribution in [0.1, 0.15) is 23.3 Å². The maximum Gasteiger partial charge on any atom is 0.275 e. The number of nitrogens with zero attached hydrogens (tertiary/aromatic N) is 3. The normalized spacial score (nSPS) is 18.1. The van der Waals surface area contributed by atoms with Gasteiger partial charge in [-0.15, -0.1) is 0 Å². The second kappa shape index (κ2) is 5.13. The number of amides is 1. The first-order valence-electron chi connectivity index (χ1n) is 7.08. The van der Waals surface area contributed by atoms with Crippen LogP contribution in [0.15, 0.2) is 24.3 Å². The van der Waals surface area contributed by atoms with Gasteiger partial charge in [0, 0.05) is 25.5 Å². The van der Waals surface area contributed by atoms with Crippen LogP contribution >= 0.6 is 0 Å². The highest BCUT2D eigenvalue weighted by Gasteiger charge is 2.34. The summed E-state index contributed by atoms with van der Waals surface area (Å²) in [4.78, 5) is 14.3. The number of piperidine rings is 1. The standard InChI is InChI=1S/C15H19N3O3/c1-17-12-5-3-2-4-11(12)13(16-17)14(20)18-8-6-15(21,10-19)7-9-18/h2-5,19,21H,6-10H2,1H3. The number of hydrogen-bond acceptors (Lipinski definition) is 4. The van der Waals surface area contributed by atoms with Crippen LogP contribution < -0.4 is 0 Å². The van der Waals surface area contributed by atoms with E-state index >= 15 is 0 Å². The molecule has 6 heteroatoms. The Bertz CT molecular complexity index is 672. The Hall–Kier alpha value is -1.92. The molecule has 1 aromatic heterocycles. The molecule has 1 aromatic carbocycles. The monoisotopic (exact) mass is 289 g/mol. The first kappa shape index (κ1) is 14.0. The van der Waals surface area contributed by atoms with Gasteiger partial charge in [-0.05, 0) is 18.9 Å². The number of aliphatic hydroxyl groups excluding tert-OH is 1. The average molecular weight is 289 g/mol. The summed E-state index contributed by atoms with van der Waals surface area (Å²) in [7, 11) is 1.82.